The average molecular weight is 384 g/mol. The summed E-state index contributed by atoms with van der Waals surface area (Å²) in [6.45, 7) is 1.02. The number of aromatic nitrogens is 4. The molecule has 29 heavy (non-hydrogen) atoms. The molecular weight excluding hydrogens is 364 g/mol. The Morgan fingerprint density at radius 2 is 2.07 bits per heavy atom. The Hall–Kier alpha value is -3.58. The van der Waals surface area contributed by atoms with Crippen LogP contribution in [0, 0.1) is 0 Å². The van der Waals surface area contributed by atoms with Gasteiger partial charge < -0.3 is 11.1 Å². The summed E-state index contributed by atoms with van der Waals surface area (Å²) in [7, 11) is 0. The molecule has 0 radical (unpaired) electrons. The van der Waals surface area contributed by atoms with Crippen molar-refractivity contribution in [1.82, 2.24) is 25.5 Å². The number of fused-ring (bicyclic) bond motifs is 1. The smallest absolute Gasteiger partial charge is 0.199 e. The Labute approximate surface area is 167 Å². The molecule has 5 rings (SSSR count). The number of nitrogen functional groups attached to an aromatic ring is 1. The van der Waals surface area contributed by atoms with Crippen LogP contribution < -0.4 is 11.1 Å². The molecule has 1 aliphatic rings. The zero-order valence-corrected chi connectivity index (χ0v) is 15.7. The van der Waals surface area contributed by atoms with Crippen molar-refractivity contribution in [3.8, 4) is 11.1 Å². The van der Waals surface area contributed by atoms with E-state index in [0.29, 0.717) is 17.2 Å². The molecule has 0 aliphatic carbocycles. The molecule has 1 unspecified atom stereocenters. The van der Waals surface area contributed by atoms with Gasteiger partial charge in [-0.15, -0.1) is 0 Å². The molecule has 1 atom stereocenters. The van der Waals surface area contributed by atoms with Crippen LogP contribution in [0.5, 0.6) is 0 Å². The number of nitrogens with two attached hydrogens (primary N) is 1. The molecule has 7 heteroatoms. The predicted octanol–water partition coefficient (Wildman–Crippen LogP) is 3.26. The van der Waals surface area contributed by atoms with Crippen molar-refractivity contribution in [2.24, 2.45) is 0 Å². The van der Waals surface area contributed by atoms with Crippen LogP contribution in [0.25, 0.3) is 21.9 Å². The summed E-state index contributed by atoms with van der Waals surface area (Å²) < 4.78 is 0. The zero-order valence-electron chi connectivity index (χ0n) is 15.7. The minimum Gasteiger partial charge on any atom is -0.383 e. The van der Waals surface area contributed by atoms with Crippen LogP contribution in [0.15, 0.2) is 55.2 Å². The summed E-state index contributed by atoms with van der Waals surface area (Å²) >= 11 is 0. The maximum atomic E-state index is 12.8. The average Bonchev–Trinajstić information content (AvgIpc) is 3.47. The van der Waals surface area contributed by atoms with Crippen molar-refractivity contribution in [3.05, 3.63) is 71.9 Å². The van der Waals surface area contributed by atoms with Crippen LogP contribution in [0.2, 0.25) is 0 Å². The van der Waals surface area contributed by atoms with Gasteiger partial charge in [0.05, 0.1) is 17.3 Å². The number of aromatic amines is 1. The van der Waals surface area contributed by atoms with E-state index in [0.717, 1.165) is 41.3 Å². The van der Waals surface area contributed by atoms with E-state index in [4.69, 9.17) is 5.73 Å². The monoisotopic (exact) mass is 384 g/mol. The number of carbonyl (C=O) groups excluding carboxylic acids is 1. The van der Waals surface area contributed by atoms with Crippen LogP contribution in [-0.2, 0) is 0 Å². The number of hydrogen-bond acceptors (Lipinski definition) is 6. The Balaban J connectivity index is 1.64. The van der Waals surface area contributed by atoms with Crippen LogP contribution in [0.1, 0.15) is 40.4 Å². The highest BCUT2D eigenvalue weighted by molar-refractivity contribution is 6.12. The molecule has 4 heterocycles. The minimum atomic E-state index is -0.201. The molecule has 1 fully saturated rings. The first kappa shape index (κ1) is 17.5. The molecule has 0 saturated carbocycles. The first-order chi connectivity index (χ1) is 14.2. The normalized spacial score (nSPS) is 16.3. The van der Waals surface area contributed by atoms with Gasteiger partial charge in [0.2, 0.25) is 0 Å². The first-order valence-corrected chi connectivity index (χ1v) is 9.61. The summed E-state index contributed by atoms with van der Waals surface area (Å²) in [5.74, 6) is 0.0101. The van der Waals surface area contributed by atoms with E-state index >= 15 is 0 Å². The fourth-order valence-corrected chi connectivity index (χ4v) is 3.98. The summed E-state index contributed by atoms with van der Waals surface area (Å²) in [5, 5.41) is 12.3. The number of carbonyl (C=O) groups is 1. The highest BCUT2D eigenvalue weighted by Crippen LogP contribution is 2.34. The Bertz CT molecular complexity index is 1200. The molecule has 0 bridgehead atoms. The van der Waals surface area contributed by atoms with E-state index in [1.165, 1.54) is 11.8 Å². The van der Waals surface area contributed by atoms with E-state index in [1.807, 2.05) is 18.3 Å². The number of ketones is 1. The van der Waals surface area contributed by atoms with Crippen LogP contribution >= 0.6 is 0 Å². The molecule has 1 aromatic carbocycles. The third-order valence-corrected chi connectivity index (χ3v) is 5.48. The van der Waals surface area contributed by atoms with E-state index in [1.54, 1.807) is 18.6 Å². The van der Waals surface area contributed by atoms with Crippen molar-refractivity contribution in [3.63, 3.8) is 0 Å². The lowest BCUT2D eigenvalue weighted by atomic mass is 9.93. The summed E-state index contributed by atoms with van der Waals surface area (Å²) in [5.41, 5.74) is 9.92. The number of rotatable bonds is 4. The highest BCUT2D eigenvalue weighted by atomic mass is 16.1. The Morgan fingerprint density at radius 1 is 1.14 bits per heavy atom. The number of nitrogens with one attached hydrogen (secondary N) is 2. The van der Waals surface area contributed by atoms with Gasteiger partial charge in [-0.3, -0.25) is 14.9 Å². The quantitative estimate of drug-likeness (QED) is 0.466. The number of benzene rings is 1. The lowest BCUT2D eigenvalue weighted by molar-refractivity contribution is 0.103. The fraction of sp³-hybridized carbons (Fsp3) is 0.182. The van der Waals surface area contributed by atoms with E-state index in [9.17, 15) is 4.79 Å². The molecule has 4 aromatic rings. The second kappa shape index (κ2) is 7.10. The van der Waals surface area contributed by atoms with Gasteiger partial charge in [0.25, 0.3) is 0 Å². The number of anilines is 1. The number of H-pyrrole nitrogens is 1. The standard InChI is InChI=1S/C22H20N6O/c23-22-18(21(29)16-10-27-28-11-16)8-15(9-26-22)14-6-13-3-5-24-12-19(13)17(7-14)20-2-1-4-25-20/h3,5-12,20,25H,1-2,4H2,(H2,23,26)(H,27,28). The zero-order chi connectivity index (χ0) is 19.8. The van der Waals surface area contributed by atoms with Gasteiger partial charge >= 0.3 is 0 Å². The van der Waals surface area contributed by atoms with Crippen LogP contribution in [0.4, 0.5) is 5.82 Å². The van der Waals surface area contributed by atoms with Gasteiger partial charge in [0.1, 0.15) is 5.82 Å². The Kier molecular flexibility index (Phi) is 4.29. The molecule has 0 amide bonds. The second-order valence-corrected chi connectivity index (χ2v) is 7.28. The molecule has 3 aromatic heterocycles. The number of nitrogens with zero attached hydrogens (tertiary/aromatic N) is 3. The van der Waals surface area contributed by atoms with E-state index < -0.39 is 0 Å². The molecule has 4 N–H and O–H groups in total. The Morgan fingerprint density at radius 3 is 2.86 bits per heavy atom. The largest absolute Gasteiger partial charge is 0.383 e. The molecule has 7 nitrogen and oxygen atoms in total. The maximum Gasteiger partial charge on any atom is 0.199 e. The lowest BCUT2D eigenvalue weighted by Gasteiger charge is -2.16. The molecule has 1 aliphatic heterocycles. The van der Waals surface area contributed by atoms with E-state index in [2.05, 4.69) is 37.6 Å². The number of hydrogen-bond donors (Lipinski definition) is 3. The molecule has 0 spiro atoms. The van der Waals surface area contributed by atoms with Crippen molar-refractivity contribution in [2.45, 2.75) is 18.9 Å². The van der Waals surface area contributed by atoms with Crippen molar-refractivity contribution in [1.29, 1.82) is 0 Å². The number of pyridine rings is 2. The van der Waals surface area contributed by atoms with Crippen LogP contribution in [0.3, 0.4) is 0 Å². The molecular formula is C22H20N6O. The second-order valence-electron chi connectivity index (χ2n) is 7.28. The summed E-state index contributed by atoms with van der Waals surface area (Å²) in [6, 6.07) is 8.41. The third-order valence-electron chi connectivity index (χ3n) is 5.48. The fourth-order valence-electron chi connectivity index (χ4n) is 3.98. The van der Waals surface area contributed by atoms with Gasteiger partial charge in [-0.2, -0.15) is 5.10 Å². The van der Waals surface area contributed by atoms with Crippen LogP contribution in [-0.4, -0.2) is 32.5 Å². The SMILES string of the molecule is Nc1ncc(-c2cc(C3CCCN3)c3cnccc3c2)cc1C(=O)c1cn[nH]c1. The predicted molar refractivity (Wildman–Crippen MR) is 111 cm³/mol. The topological polar surface area (TPSA) is 110 Å². The van der Waals surface area contributed by atoms with Gasteiger partial charge in [-0.05, 0) is 60.2 Å². The highest BCUT2D eigenvalue weighted by Gasteiger charge is 2.21. The van der Waals surface area contributed by atoms with Crippen molar-refractivity contribution in [2.75, 3.05) is 12.3 Å². The van der Waals surface area contributed by atoms with Gasteiger partial charge in [-0.25, -0.2) is 4.98 Å². The van der Waals surface area contributed by atoms with Gasteiger partial charge in [-0.1, -0.05) is 0 Å². The molecule has 1 saturated heterocycles. The van der Waals surface area contributed by atoms with Crippen molar-refractivity contribution >= 4 is 22.4 Å². The maximum absolute atomic E-state index is 12.8. The molecule has 144 valence electrons. The van der Waals surface area contributed by atoms with Gasteiger partial charge in [0.15, 0.2) is 5.78 Å². The van der Waals surface area contributed by atoms with Gasteiger partial charge in [0, 0.05) is 41.8 Å². The lowest BCUT2D eigenvalue weighted by Crippen LogP contribution is -2.13. The van der Waals surface area contributed by atoms with Crippen molar-refractivity contribution < 1.29 is 4.79 Å². The summed E-state index contributed by atoms with van der Waals surface area (Å²) in [6.07, 6.45) is 10.7. The van der Waals surface area contributed by atoms with E-state index in [-0.39, 0.29) is 11.6 Å². The minimum absolute atomic E-state index is 0.201. The summed E-state index contributed by atoms with van der Waals surface area (Å²) in [4.78, 5) is 21.4. The third kappa shape index (κ3) is 3.15. The first-order valence-electron chi connectivity index (χ1n) is 9.61.